The van der Waals surface area contributed by atoms with E-state index in [1.807, 2.05) is 0 Å². The quantitative estimate of drug-likeness (QED) is 0.755. The molecular weight excluding hydrogens is 374 g/mol. The zero-order valence-corrected chi connectivity index (χ0v) is 17.1. The molecule has 1 fully saturated rings. The van der Waals surface area contributed by atoms with Crippen LogP contribution in [-0.4, -0.2) is 49.7 Å². The van der Waals surface area contributed by atoms with E-state index in [0.717, 1.165) is 62.5 Å². The Morgan fingerprint density at radius 3 is 2.45 bits per heavy atom. The second kappa shape index (κ2) is 8.67. The number of fused-ring (bicyclic) bond motifs is 1. The maximum atomic E-state index is 13.5. The highest BCUT2D eigenvalue weighted by Crippen LogP contribution is 2.34. The van der Waals surface area contributed by atoms with Gasteiger partial charge in [0.25, 0.3) is 0 Å². The van der Waals surface area contributed by atoms with Crippen molar-refractivity contribution in [2.45, 2.75) is 38.4 Å². The third kappa shape index (κ3) is 4.38. The lowest BCUT2D eigenvalue weighted by molar-refractivity contribution is 0.0836. The third-order valence-electron chi connectivity index (χ3n) is 6.13. The fourth-order valence-corrected chi connectivity index (χ4v) is 4.59. The number of hydrogen-bond donors (Lipinski definition) is 0. The maximum absolute atomic E-state index is 13.5. The average molecular weight is 402 g/mol. The normalized spacial score (nSPS) is 20.3. The standard InChI is InChI=1S/C23H28F2N2O2/c1-28-22-11-17-7-9-27(14-18(17)12-23(22)29-2)19-4-3-8-26(15-19)13-16-5-6-20(24)21(25)10-16/h5-6,10-12,19H,3-4,7-9,13-15H2,1-2H3. The van der Waals surface area contributed by atoms with E-state index in [4.69, 9.17) is 9.47 Å². The molecule has 0 amide bonds. The molecule has 1 atom stereocenters. The molecule has 1 unspecified atom stereocenters. The van der Waals surface area contributed by atoms with Gasteiger partial charge in [-0.05, 0) is 66.8 Å². The highest BCUT2D eigenvalue weighted by molar-refractivity contribution is 5.48. The first kappa shape index (κ1) is 20.1. The molecule has 2 aliphatic rings. The molecule has 2 aromatic rings. The summed E-state index contributed by atoms with van der Waals surface area (Å²) in [6, 6.07) is 8.88. The maximum Gasteiger partial charge on any atom is 0.161 e. The van der Waals surface area contributed by atoms with Gasteiger partial charge in [-0.25, -0.2) is 8.78 Å². The summed E-state index contributed by atoms with van der Waals surface area (Å²) in [4.78, 5) is 4.90. The van der Waals surface area contributed by atoms with Gasteiger partial charge in [0.1, 0.15) is 0 Å². The molecule has 0 aromatic heterocycles. The van der Waals surface area contributed by atoms with E-state index < -0.39 is 11.6 Å². The fourth-order valence-electron chi connectivity index (χ4n) is 4.59. The van der Waals surface area contributed by atoms with Gasteiger partial charge in [0, 0.05) is 32.2 Å². The number of piperidine rings is 1. The molecule has 6 heteroatoms. The first-order chi connectivity index (χ1) is 14.1. The number of hydrogen-bond acceptors (Lipinski definition) is 4. The van der Waals surface area contributed by atoms with Crippen molar-refractivity contribution in [3.63, 3.8) is 0 Å². The lowest BCUT2D eigenvalue weighted by Crippen LogP contribution is -2.49. The van der Waals surface area contributed by atoms with Gasteiger partial charge in [-0.1, -0.05) is 6.07 Å². The Morgan fingerprint density at radius 2 is 1.72 bits per heavy atom. The molecule has 0 radical (unpaired) electrons. The van der Waals surface area contributed by atoms with Crippen molar-refractivity contribution >= 4 is 0 Å². The van der Waals surface area contributed by atoms with Crippen LogP contribution in [0.25, 0.3) is 0 Å². The van der Waals surface area contributed by atoms with E-state index in [0.29, 0.717) is 12.6 Å². The zero-order chi connectivity index (χ0) is 20.4. The van der Waals surface area contributed by atoms with Gasteiger partial charge in [0.05, 0.1) is 14.2 Å². The number of rotatable bonds is 5. The van der Waals surface area contributed by atoms with Crippen molar-refractivity contribution in [1.29, 1.82) is 0 Å². The minimum atomic E-state index is -0.788. The number of halogens is 2. The first-order valence-corrected chi connectivity index (χ1v) is 10.2. The van der Waals surface area contributed by atoms with E-state index in [-0.39, 0.29) is 0 Å². The predicted molar refractivity (Wildman–Crippen MR) is 108 cm³/mol. The van der Waals surface area contributed by atoms with Crippen LogP contribution in [0.5, 0.6) is 11.5 Å². The first-order valence-electron chi connectivity index (χ1n) is 10.2. The van der Waals surface area contributed by atoms with Crippen LogP contribution in [-0.2, 0) is 19.5 Å². The SMILES string of the molecule is COc1cc2c(cc1OC)CN(C1CCCN(Cc3ccc(F)c(F)c3)C1)CC2. The molecular formula is C23H28F2N2O2. The van der Waals surface area contributed by atoms with E-state index in [2.05, 4.69) is 21.9 Å². The smallest absolute Gasteiger partial charge is 0.161 e. The van der Waals surface area contributed by atoms with Crippen molar-refractivity contribution < 1.29 is 18.3 Å². The Kier molecular flexibility index (Phi) is 6.01. The summed E-state index contributed by atoms with van der Waals surface area (Å²) in [6.45, 7) is 4.52. The summed E-state index contributed by atoms with van der Waals surface area (Å²) in [7, 11) is 3.34. The van der Waals surface area contributed by atoms with Gasteiger partial charge in [0.15, 0.2) is 23.1 Å². The topological polar surface area (TPSA) is 24.9 Å². The molecule has 0 saturated carbocycles. The van der Waals surface area contributed by atoms with Gasteiger partial charge >= 0.3 is 0 Å². The molecule has 0 spiro atoms. The van der Waals surface area contributed by atoms with E-state index in [9.17, 15) is 8.78 Å². The molecule has 29 heavy (non-hydrogen) atoms. The monoisotopic (exact) mass is 402 g/mol. The van der Waals surface area contributed by atoms with Gasteiger partial charge in [-0.3, -0.25) is 9.80 Å². The Balaban J connectivity index is 1.43. The van der Waals surface area contributed by atoms with E-state index >= 15 is 0 Å². The zero-order valence-electron chi connectivity index (χ0n) is 17.1. The van der Waals surface area contributed by atoms with Crippen LogP contribution >= 0.6 is 0 Å². The second-order valence-electron chi connectivity index (χ2n) is 7.98. The summed E-state index contributed by atoms with van der Waals surface area (Å²) in [5.74, 6) is 0.00385. The lowest BCUT2D eigenvalue weighted by atomic mass is 9.95. The van der Waals surface area contributed by atoms with Gasteiger partial charge < -0.3 is 9.47 Å². The number of likely N-dealkylation sites (tertiary alicyclic amines) is 1. The summed E-state index contributed by atoms with van der Waals surface area (Å²) in [5.41, 5.74) is 3.45. The van der Waals surface area contributed by atoms with Crippen LogP contribution in [0.15, 0.2) is 30.3 Å². The van der Waals surface area contributed by atoms with Gasteiger partial charge in [-0.15, -0.1) is 0 Å². The molecule has 2 heterocycles. The van der Waals surface area contributed by atoms with Crippen LogP contribution in [0, 0.1) is 11.6 Å². The Hall–Kier alpha value is -2.18. The highest BCUT2D eigenvalue weighted by atomic mass is 19.2. The van der Waals surface area contributed by atoms with E-state index in [1.165, 1.54) is 23.3 Å². The Labute approximate surface area is 171 Å². The largest absolute Gasteiger partial charge is 0.493 e. The second-order valence-corrected chi connectivity index (χ2v) is 7.98. The number of methoxy groups -OCH3 is 2. The van der Waals surface area contributed by atoms with Crippen LogP contribution in [0.4, 0.5) is 8.78 Å². The molecule has 2 aliphatic heterocycles. The van der Waals surface area contributed by atoms with Crippen LogP contribution < -0.4 is 9.47 Å². The number of nitrogens with zero attached hydrogens (tertiary/aromatic N) is 2. The van der Waals surface area contributed by atoms with Gasteiger partial charge in [-0.2, -0.15) is 0 Å². The average Bonchev–Trinajstić information content (AvgIpc) is 2.75. The summed E-state index contributed by atoms with van der Waals surface area (Å²) in [6.07, 6.45) is 3.27. The lowest BCUT2D eigenvalue weighted by Gasteiger charge is -2.41. The third-order valence-corrected chi connectivity index (χ3v) is 6.13. The molecule has 1 saturated heterocycles. The molecule has 156 valence electrons. The van der Waals surface area contributed by atoms with E-state index in [1.54, 1.807) is 20.3 Å². The fraction of sp³-hybridized carbons (Fsp3) is 0.478. The Bertz CT molecular complexity index is 874. The number of ether oxygens (including phenoxy) is 2. The molecule has 0 aliphatic carbocycles. The molecule has 2 aromatic carbocycles. The molecule has 4 rings (SSSR count). The Morgan fingerprint density at radius 1 is 0.966 bits per heavy atom. The molecule has 0 bridgehead atoms. The minimum Gasteiger partial charge on any atom is -0.493 e. The van der Waals surface area contributed by atoms with Crippen LogP contribution in [0.1, 0.15) is 29.5 Å². The van der Waals surface area contributed by atoms with Gasteiger partial charge in [0.2, 0.25) is 0 Å². The summed E-state index contributed by atoms with van der Waals surface area (Å²) in [5, 5.41) is 0. The number of benzene rings is 2. The van der Waals surface area contributed by atoms with Crippen molar-refractivity contribution in [2.75, 3.05) is 33.9 Å². The summed E-state index contributed by atoms with van der Waals surface area (Å²) < 4.78 is 37.6. The van der Waals surface area contributed by atoms with Crippen LogP contribution in [0.3, 0.4) is 0 Å². The minimum absolute atomic E-state index is 0.468. The van der Waals surface area contributed by atoms with Crippen molar-refractivity contribution in [3.05, 3.63) is 58.7 Å². The van der Waals surface area contributed by atoms with Crippen molar-refractivity contribution in [2.24, 2.45) is 0 Å². The molecule has 0 N–H and O–H groups in total. The van der Waals surface area contributed by atoms with Crippen molar-refractivity contribution in [1.82, 2.24) is 9.80 Å². The predicted octanol–water partition coefficient (Wildman–Crippen LogP) is 4.00. The molecule has 4 nitrogen and oxygen atoms in total. The van der Waals surface area contributed by atoms with Crippen LogP contribution in [0.2, 0.25) is 0 Å². The van der Waals surface area contributed by atoms with Crippen molar-refractivity contribution in [3.8, 4) is 11.5 Å². The highest BCUT2D eigenvalue weighted by Gasteiger charge is 2.29. The summed E-state index contributed by atoms with van der Waals surface area (Å²) >= 11 is 0.